The van der Waals surface area contributed by atoms with Gasteiger partial charge < -0.3 is 15.1 Å². The molecule has 1 fully saturated rings. The van der Waals surface area contributed by atoms with Gasteiger partial charge in [-0.1, -0.05) is 0 Å². The first-order chi connectivity index (χ1) is 9.15. The van der Waals surface area contributed by atoms with Gasteiger partial charge in [-0.15, -0.1) is 21.5 Å². The Kier molecular flexibility index (Phi) is 3.70. The van der Waals surface area contributed by atoms with Crippen LogP contribution in [0.25, 0.3) is 10.8 Å². The Labute approximate surface area is 123 Å². The van der Waals surface area contributed by atoms with E-state index in [1.807, 2.05) is 12.1 Å². The zero-order chi connectivity index (χ0) is 13.3. The van der Waals surface area contributed by atoms with Gasteiger partial charge in [0.1, 0.15) is 0 Å². The molecule has 1 unspecified atom stereocenters. The SMILES string of the molecule is CC1(NCc2nnc(-c3ccc(Br)s3)o2)CCNC1. The van der Waals surface area contributed by atoms with E-state index < -0.39 is 0 Å². The van der Waals surface area contributed by atoms with Crippen molar-refractivity contribution in [2.24, 2.45) is 0 Å². The van der Waals surface area contributed by atoms with Crippen LogP contribution in [-0.2, 0) is 6.54 Å². The molecule has 0 amide bonds. The van der Waals surface area contributed by atoms with Crippen LogP contribution in [0, 0.1) is 0 Å². The van der Waals surface area contributed by atoms with Crippen LogP contribution in [0.3, 0.4) is 0 Å². The lowest BCUT2D eigenvalue weighted by atomic mass is 10.0. The molecule has 2 N–H and O–H groups in total. The summed E-state index contributed by atoms with van der Waals surface area (Å²) in [6.45, 7) is 4.85. The number of hydrogen-bond acceptors (Lipinski definition) is 6. The number of thiophene rings is 1. The first-order valence-corrected chi connectivity index (χ1v) is 7.79. The predicted molar refractivity (Wildman–Crippen MR) is 78.0 cm³/mol. The van der Waals surface area contributed by atoms with Gasteiger partial charge in [0.25, 0.3) is 5.89 Å². The van der Waals surface area contributed by atoms with Gasteiger partial charge in [-0.05, 0) is 48.0 Å². The Morgan fingerprint density at radius 2 is 2.42 bits per heavy atom. The Balaban J connectivity index is 1.65. The number of aromatic nitrogens is 2. The van der Waals surface area contributed by atoms with Crippen LogP contribution in [0.2, 0.25) is 0 Å². The molecule has 2 aromatic rings. The number of hydrogen-bond donors (Lipinski definition) is 2. The molecule has 1 atom stereocenters. The fraction of sp³-hybridized carbons (Fsp3) is 0.500. The Morgan fingerprint density at radius 3 is 3.11 bits per heavy atom. The normalized spacial score (nSPS) is 23.1. The van der Waals surface area contributed by atoms with Gasteiger partial charge in [0.05, 0.1) is 15.2 Å². The molecule has 1 saturated heterocycles. The maximum Gasteiger partial charge on any atom is 0.257 e. The minimum absolute atomic E-state index is 0.126. The van der Waals surface area contributed by atoms with Crippen molar-refractivity contribution in [3.63, 3.8) is 0 Å². The first-order valence-electron chi connectivity index (χ1n) is 6.18. The highest BCUT2D eigenvalue weighted by molar-refractivity contribution is 9.11. The van der Waals surface area contributed by atoms with Gasteiger partial charge in [-0.3, -0.25) is 0 Å². The maximum absolute atomic E-state index is 5.67. The molecular weight excluding hydrogens is 328 g/mol. The van der Waals surface area contributed by atoms with Crippen LogP contribution in [0.15, 0.2) is 20.3 Å². The number of halogens is 1. The van der Waals surface area contributed by atoms with Crippen LogP contribution in [0.5, 0.6) is 0 Å². The van der Waals surface area contributed by atoms with Crippen molar-refractivity contribution in [1.82, 2.24) is 20.8 Å². The summed E-state index contributed by atoms with van der Waals surface area (Å²) < 4.78 is 6.73. The predicted octanol–water partition coefficient (Wildman–Crippen LogP) is 2.40. The van der Waals surface area contributed by atoms with Crippen LogP contribution in [0.4, 0.5) is 0 Å². The van der Waals surface area contributed by atoms with E-state index in [2.05, 4.69) is 43.7 Å². The molecule has 19 heavy (non-hydrogen) atoms. The second kappa shape index (κ2) is 5.32. The minimum Gasteiger partial charge on any atom is -0.419 e. The van der Waals surface area contributed by atoms with Gasteiger partial charge in [-0.2, -0.15) is 0 Å². The Hall–Kier alpha value is -0.760. The molecule has 0 aliphatic carbocycles. The lowest BCUT2D eigenvalue weighted by molar-refractivity contribution is 0.357. The molecular formula is C12H15BrN4OS. The third-order valence-corrected chi connectivity index (χ3v) is 4.90. The molecule has 3 heterocycles. The van der Waals surface area contributed by atoms with Crippen molar-refractivity contribution in [3.05, 3.63) is 21.8 Å². The number of rotatable bonds is 4. The first kappa shape index (κ1) is 13.2. The average Bonchev–Trinajstić information content (AvgIpc) is 3.07. The summed E-state index contributed by atoms with van der Waals surface area (Å²) in [5.41, 5.74) is 0.126. The summed E-state index contributed by atoms with van der Waals surface area (Å²) in [4.78, 5) is 0.986. The molecule has 0 bridgehead atoms. The monoisotopic (exact) mass is 342 g/mol. The summed E-state index contributed by atoms with van der Waals surface area (Å²) >= 11 is 5.01. The van der Waals surface area contributed by atoms with Gasteiger partial charge in [0.2, 0.25) is 5.89 Å². The third kappa shape index (κ3) is 3.05. The van der Waals surface area contributed by atoms with Crippen LogP contribution < -0.4 is 10.6 Å². The van der Waals surface area contributed by atoms with Gasteiger partial charge in [-0.25, -0.2) is 0 Å². The van der Waals surface area contributed by atoms with Crippen molar-refractivity contribution in [2.75, 3.05) is 13.1 Å². The molecule has 0 aromatic carbocycles. The molecule has 102 valence electrons. The quantitative estimate of drug-likeness (QED) is 0.893. The second-order valence-corrected chi connectivity index (χ2v) is 7.41. The number of nitrogens with one attached hydrogen (secondary N) is 2. The standard InChI is InChI=1S/C12H15BrN4OS/c1-12(4-5-14-7-12)15-6-10-16-17-11(18-10)8-2-3-9(13)19-8/h2-3,14-15H,4-7H2,1H3. The smallest absolute Gasteiger partial charge is 0.257 e. The van der Waals surface area contributed by atoms with E-state index in [9.17, 15) is 0 Å². The zero-order valence-electron chi connectivity index (χ0n) is 10.6. The van der Waals surface area contributed by atoms with Gasteiger partial charge >= 0.3 is 0 Å². The fourth-order valence-corrected chi connectivity index (χ4v) is 3.42. The highest BCUT2D eigenvalue weighted by Gasteiger charge is 2.28. The second-order valence-electron chi connectivity index (χ2n) is 4.95. The fourth-order valence-electron chi connectivity index (χ4n) is 2.11. The topological polar surface area (TPSA) is 63.0 Å². The van der Waals surface area contributed by atoms with E-state index >= 15 is 0 Å². The van der Waals surface area contributed by atoms with Crippen molar-refractivity contribution >= 4 is 27.3 Å². The highest BCUT2D eigenvalue weighted by Crippen LogP contribution is 2.30. The Morgan fingerprint density at radius 1 is 1.53 bits per heavy atom. The zero-order valence-corrected chi connectivity index (χ0v) is 13.0. The minimum atomic E-state index is 0.126. The van der Waals surface area contributed by atoms with E-state index in [-0.39, 0.29) is 5.54 Å². The van der Waals surface area contributed by atoms with E-state index in [4.69, 9.17) is 4.42 Å². The summed E-state index contributed by atoms with van der Waals surface area (Å²) in [7, 11) is 0. The highest BCUT2D eigenvalue weighted by atomic mass is 79.9. The molecule has 2 aromatic heterocycles. The van der Waals surface area contributed by atoms with Gasteiger partial charge in [0, 0.05) is 12.1 Å². The third-order valence-electron chi connectivity index (χ3n) is 3.29. The van der Waals surface area contributed by atoms with Gasteiger partial charge in [0.15, 0.2) is 0 Å². The molecule has 5 nitrogen and oxygen atoms in total. The molecule has 0 spiro atoms. The summed E-state index contributed by atoms with van der Waals surface area (Å²) in [5.74, 6) is 1.22. The molecule has 0 saturated carbocycles. The van der Waals surface area contributed by atoms with E-state index in [1.54, 1.807) is 11.3 Å². The van der Waals surface area contributed by atoms with Crippen molar-refractivity contribution < 1.29 is 4.42 Å². The van der Waals surface area contributed by atoms with Crippen LogP contribution >= 0.6 is 27.3 Å². The molecule has 1 aliphatic rings. The van der Waals surface area contributed by atoms with E-state index in [1.165, 1.54) is 0 Å². The number of nitrogens with zero attached hydrogens (tertiary/aromatic N) is 2. The summed E-state index contributed by atoms with van der Waals surface area (Å²) in [6, 6.07) is 3.95. The average molecular weight is 343 g/mol. The molecule has 1 aliphatic heterocycles. The molecule has 0 radical (unpaired) electrons. The summed E-state index contributed by atoms with van der Waals surface area (Å²) in [6.07, 6.45) is 1.12. The molecule has 7 heteroatoms. The van der Waals surface area contributed by atoms with Crippen molar-refractivity contribution in [3.8, 4) is 10.8 Å². The largest absolute Gasteiger partial charge is 0.419 e. The molecule has 3 rings (SSSR count). The maximum atomic E-state index is 5.67. The lowest BCUT2D eigenvalue weighted by Crippen LogP contribution is -2.43. The van der Waals surface area contributed by atoms with E-state index in [0.717, 1.165) is 28.2 Å². The van der Waals surface area contributed by atoms with Crippen LogP contribution in [0.1, 0.15) is 19.2 Å². The van der Waals surface area contributed by atoms with Crippen molar-refractivity contribution in [1.29, 1.82) is 0 Å². The lowest BCUT2D eigenvalue weighted by Gasteiger charge is -2.23. The Bertz CT molecular complexity index is 562. The summed E-state index contributed by atoms with van der Waals surface area (Å²) in [5, 5.41) is 15.0. The van der Waals surface area contributed by atoms with Crippen LogP contribution in [-0.4, -0.2) is 28.8 Å². The van der Waals surface area contributed by atoms with Crippen molar-refractivity contribution in [2.45, 2.75) is 25.4 Å². The van der Waals surface area contributed by atoms with E-state index in [0.29, 0.717) is 18.3 Å².